The molecule has 0 spiro atoms. The van der Waals surface area contributed by atoms with Gasteiger partial charge in [0.05, 0.1) is 0 Å². The third-order valence-corrected chi connectivity index (χ3v) is 0. The molecule has 0 saturated heterocycles. The first kappa shape index (κ1) is 279. The molecule has 0 aromatic rings. The van der Waals surface area contributed by atoms with Crippen molar-refractivity contribution in [3.63, 3.8) is 0 Å². The van der Waals surface area contributed by atoms with Crippen LogP contribution in [0, 0.1) is 0 Å². The van der Waals surface area contributed by atoms with E-state index in [9.17, 15) is 0 Å². The van der Waals surface area contributed by atoms with Crippen LogP contribution in [-0.2, 0) is 98.0 Å². The van der Waals surface area contributed by atoms with Crippen LogP contribution < -0.4 is 0 Å². The standard InChI is InChI=1S/2Co.5O.2V/q;;5*-2;;. The predicted molar refractivity (Wildman–Crippen MR) is 3.43 cm³/mol. The summed E-state index contributed by atoms with van der Waals surface area (Å²) in [4.78, 5) is 0. The van der Waals surface area contributed by atoms with Crippen molar-refractivity contribution in [2.45, 2.75) is 0 Å². The van der Waals surface area contributed by atoms with Gasteiger partial charge in [0.2, 0.25) is 0 Å². The van der Waals surface area contributed by atoms with Crippen LogP contribution in [0.4, 0.5) is 0 Å². The van der Waals surface area contributed by atoms with Crippen molar-refractivity contribution < 1.29 is 98.0 Å². The Hall–Kier alpha value is 1.98. The van der Waals surface area contributed by atoms with Crippen LogP contribution in [0.25, 0.3) is 0 Å². The maximum atomic E-state index is 0. The molecule has 4 radical (unpaired) electrons. The van der Waals surface area contributed by atoms with Crippen LogP contribution >= 0.6 is 0 Å². The van der Waals surface area contributed by atoms with Gasteiger partial charge in [0.1, 0.15) is 0 Å². The number of rotatable bonds is 0. The van der Waals surface area contributed by atoms with Crippen molar-refractivity contribution in [2.75, 3.05) is 0 Å². The third-order valence-electron chi connectivity index (χ3n) is 0. The van der Waals surface area contributed by atoms with E-state index in [1.807, 2.05) is 0 Å². The van der Waals surface area contributed by atoms with Crippen molar-refractivity contribution in [2.24, 2.45) is 0 Å². The van der Waals surface area contributed by atoms with E-state index in [1.165, 1.54) is 0 Å². The number of hydrogen-bond acceptors (Lipinski definition) is 0. The molecule has 0 fully saturated rings. The minimum atomic E-state index is 0. The van der Waals surface area contributed by atoms with Crippen molar-refractivity contribution in [1.82, 2.24) is 0 Å². The first-order valence-electron chi connectivity index (χ1n) is 0. The molecule has 0 aliphatic carbocycles. The van der Waals surface area contributed by atoms with Crippen molar-refractivity contribution in [1.29, 1.82) is 0 Å². The monoisotopic (exact) mass is 300 g/mol. The fourth-order valence-corrected chi connectivity index (χ4v) is 0. The van der Waals surface area contributed by atoms with E-state index < -0.39 is 0 Å². The van der Waals surface area contributed by atoms with Crippen LogP contribution in [0.1, 0.15) is 0 Å². The zero-order valence-corrected chi connectivity index (χ0v) is 8.48. The van der Waals surface area contributed by atoms with Crippen LogP contribution in [0.3, 0.4) is 0 Å². The molecule has 0 heterocycles. The molecule has 0 aliphatic heterocycles. The van der Waals surface area contributed by atoms with Gasteiger partial charge in [-0.3, -0.25) is 0 Å². The summed E-state index contributed by atoms with van der Waals surface area (Å²) in [6.45, 7) is 0. The molecular formula is Co2O5V2-10. The first-order valence-corrected chi connectivity index (χ1v) is 0. The second-order valence-corrected chi connectivity index (χ2v) is 0. The summed E-state index contributed by atoms with van der Waals surface area (Å²) in [5.41, 5.74) is 0. The Morgan fingerprint density at radius 3 is 0.333 bits per heavy atom. The summed E-state index contributed by atoms with van der Waals surface area (Å²) in [5.74, 6) is 0. The fraction of sp³-hybridized carbons (Fsp3) is 0. The molecule has 0 aliphatic rings. The summed E-state index contributed by atoms with van der Waals surface area (Å²) in [5, 5.41) is 0. The minimum absolute atomic E-state index is 0. The van der Waals surface area contributed by atoms with Gasteiger partial charge in [0.15, 0.2) is 0 Å². The molecule has 0 aromatic carbocycles. The van der Waals surface area contributed by atoms with Crippen LogP contribution in [0.5, 0.6) is 0 Å². The summed E-state index contributed by atoms with van der Waals surface area (Å²) in [6.07, 6.45) is 0. The summed E-state index contributed by atoms with van der Waals surface area (Å²) >= 11 is 0. The second-order valence-electron chi connectivity index (χ2n) is 0. The van der Waals surface area contributed by atoms with Crippen molar-refractivity contribution >= 4 is 0 Å². The van der Waals surface area contributed by atoms with E-state index in [4.69, 9.17) is 0 Å². The van der Waals surface area contributed by atoms with E-state index in [-0.39, 0.29) is 98.0 Å². The van der Waals surface area contributed by atoms with Gasteiger partial charge < -0.3 is 27.4 Å². The Labute approximate surface area is 97.4 Å². The molecule has 5 nitrogen and oxygen atoms in total. The molecule has 0 saturated carbocycles. The van der Waals surface area contributed by atoms with Crippen molar-refractivity contribution in [3.05, 3.63) is 0 Å². The minimum Gasteiger partial charge on any atom is -2.00 e. The van der Waals surface area contributed by atoms with E-state index in [0.29, 0.717) is 0 Å². The Morgan fingerprint density at radius 2 is 0.333 bits per heavy atom. The van der Waals surface area contributed by atoms with Crippen LogP contribution in [-0.4, -0.2) is 0 Å². The molecule has 0 unspecified atom stereocenters. The fourth-order valence-electron chi connectivity index (χ4n) is 0. The molecule has 0 rings (SSSR count). The normalized spacial score (nSPS) is 0. The van der Waals surface area contributed by atoms with Gasteiger partial charge >= 0.3 is 0 Å². The van der Waals surface area contributed by atoms with Gasteiger partial charge in [0.25, 0.3) is 0 Å². The van der Waals surface area contributed by atoms with Crippen LogP contribution in [0.2, 0.25) is 0 Å². The zero-order chi connectivity index (χ0) is 0. The zero-order valence-electron chi connectivity index (χ0n) is 3.60. The molecule has 68 valence electrons. The average molecular weight is 300 g/mol. The summed E-state index contributed by atoms with van der Waals surface area (Å²) in [7, 11) is 0. The predicted octanol–water partition coefficient (Wildman–Crippen LogP) is -0.604. The Morgan fingerprint density at radius 1 is 0.333 bits per heavy atom. The largest absolute Gasteiger partial charge is 2.00 e. The Bertz CT molecular complexity index is 12.9. The van der Waals surface area contributed by atoms with Gasteiger partial charge in [-0.25, -0.2) is 0 Å². The van der Waals surface area contributed by atoms with Gasteiger partial charge in [-0.1, -0.05) is 0 Å². The van der Waals surface area contributed by atoms with E-state index >= 15 is 0 Å². The third kappa shape index (κ3) is 162. The molecule has 9 heteroatoms. The topological polar surface area (TPSA) is 142 Å². The molecule has 0 bridgehead atoms. The number of hydrogen-bond donors (Lipinski definition) is 0. The summed E-state index contributed by atoms with van der Waals surface area (Å²) < 4.78 is 0. The van der Waals surface area contributed by atoms with E-state index in [1.54, 1.807) is 0 Å². The SMILES string of the molecule is [Co].[Co].[O-2].[O-2].[O-2].[O-2].[O-2].[V].[V]. The Kier molecular flexibility index (Phi) is 6350. The summed E-state index contributed by atoms with van der Waals surface area (Å²) in [6, 6.07) is 0. The van der Waals surface area contributed by atoms with E-state index in [0.717, 1.165) is 0 Å². The smallest absolute Gasteiger partial charge is 0 e. The van der Waals surface area contributed by atoms with Gasteiger partial charge in [-0.15, -0.1) is 0 Å². The maximum Gasteiger partial charge on any atom is 0 e. The first-order chi connectivity index (χ1) is 0. The molecule has 0 N–H and O–H groups in total. The van der Waals surface area contributed by atoms with Gasteiger partial charge in [-0.05, 0) is 0 Å². The molecule has 9 heavy (non-hydrogen) atoms. The second kappa shape index (κ2) is 205. The maximum absolute atomic E-state index is 0. The van der Waals surface area contributed by atoms with E-state index in [2.05, 4.69) is 0 Å². The molecule has 0 amide bonds. The molecule has 0 aromatic heterocycles. The van der Waals surface area contributed by atoms with Gasteiger partial charge in [0, 0.05) is 70.7 Å². The van der Waals surface area contributed by atoms with Crippen LogP contribution in [0.15, 0.2) is 0 Å². The quantitative estimate of drug-likeness (QED) is 0.562. The molecule has 0 atom stereocenters. The Balaban J connectivity index is 0. The average Bonchev–Trinajstić information content (AvgIpc) is 0. The van der Waals surface area contributed by atoms with Crippen molar-refractivity contribution in [3.8, 4) is 0 Å². The molecular weight excluding hydrogens is 300 g/mol. The van der Waals surface area contributed by atoms with Gasteiger partial charge in [-0.2, -0.15) is 0 Å².